The van der Waals surface area contributed by atoms with E-state index in [2.05, 4.69) is 10.6 Å². The van der Waals surface area contributed by atoms with Crippen molar-refractivity contribution in [2.75, 3.05) is 23.9 Å². The first-order chi connectivity index (χ1) is 18.6. The van der Waals surface area contributed by atoms with Crippen LogP contribution < -0.4 is 25.0 Å². The largest absolute Gasteiger partial charge is 0.493 e. The summed E-state index contributed by atoms with van der Waals surface area (Å²) >= 11 is 6.17. The highest BCUT2D eigenvalue weighted by molar-refractivity contribution is 6.39. The number of urea groups is 1. The Hall–Kier alpha value is -4.63. The van der Waals surface area contributed by atoms with E-state index in [0.29, 0.717) is 22.0 Å². The molecule has 0 unspecified atom stereocenters. The third-order valence-corrected chi connectivity index (χ3v) is 6.44. The molecule has 0 saturated carbocycles. The van der Waals surface area contributed by atoms with Gasteiger partial charge in [0.05, 0.1) is 12.8 Å². The van der Waals surface area contributed by atoms with Gasteiger partial charge < -0.3 is 14.8 Å². The zero-order chi connectivity index (χ0) is 28.3. The van der Waals surface area contributed by atoms with Crippen molar-refractivity contribution < 1.29 is 28.7 Å². The Kier molecular flexibility index (Phi) is 8.01. The van der Waals surface area contributed by atoms with Gasteiger partial charge in [-0.15, -0.1) is 0 Å². The fourth-order valence-electron chi connectivity index (χ4n) is 3.96. The molecule has 4 rings (SSSR count). The number of carbonyl (C=O) groups excluding carboxylic acids is 4. The van der Waals surface area contributed by atoms with Crippen molar-refractivity contribution in [1.82, 2.24) is 5.32 Å². The number of amides is 5. The van der Waals surface area contributed by atoms with E-state index in [4.69, 9.17) is 21.1 Å². The first-order valence-electron chi connectivity index (χ1n) is 11.9. The average molecular weight is 548 g/mol. The Morgan fingerprint density at radius 1 is 0.974 bits per heavy atom. The SMILES string of the molecule is COc1cc(/C=C2\C(=O)NC(=O)N(c3ccc(C)c(Cl)c3)C2=O)ccc1OCC(=O)Nc1ccc(C)cc1C. The number of anilines is 2. The summed E-state index contributed by atoms with van der Waals surface area (Å²) in [6, 6.07) is 14.2. The van der Waals surface area contributed by atoms with Gasteiger partial charge in [0.15, 0.2) is 18.1 Å². The number of barbiturate groups is 1. The topological polar surface area (TPSA) is 114 Å². The van der Waals surface area contributed by atoms with E-state index in [1.165, 1.54) is 19.3 Å². The number of nitrogens with one attached hydrogen (secondary N) is 2. The summed E-state index contributed by atoms with van der Waals surface area (Å²) in [4.78, 5) is 51.4. The molecule has 0 spiro atoms. The van der Waals surface area contributed by atoms with Crippen LogP contribution in [0.5, 0.6) is 11.5 Å². The number of imide groups is 2. The van der Waals surface area contributed by atoms with Crippen LogP contribution >= 0.6 is 11.6 Å². The molecule has 5 amide bonds. The lowest BCUT2D eigenvalue weighted by Gasteiger charge is -2.26. The zero-order valence-electron chi connectivity index (χ0n) is 21.8. The molecule has 1 heterocycles. The highest BCUT2D eigenvalue weighted by atomic mass is 35.5. The minimum atomic E-state index is -0.873. The van der Waals surface area contributed by atoms with Crippen LogP contribution in [0.25, 0.3) is 6.08 Å². The number of aryl methyl sites for hydroxylation is 3. The second kappa shape index (κ2) is 11.4. The maximum Gasteiger partial charge on any atom is 0.335 e. The summed E-state index contributed by atoms with van der Waals surface area (Å²) in [5.41, 5.74) is 3.90. The van der Waals surface area contributed by atoms with Crippen molar-refractivity contribution in [3.8, 4) is 11.5 Å². The summed E-state index contributed by atoms with van der Waals surface area (Å²) in [6.45, 7) is 5.40. The number of rotatable bonds is 7. The molecule has 39 heavy (non-hydrogen) atoms. The Labute approximate surface area is 230 Å². The Balaban J connectivity index is 1.52. The monoisotopic (exact) mass is 547 g/mol. The van der Waals surface area contributed by atoms with Gasteiger partial charge in [0.1, 0.15) is 5.57 Å². The van der Waals surface area contributed by atoms with Crippen molar-refractivity contribution in [1.29, 1.82) is 0 Å². The van der Waals surface area contributed by atoms with Crippen LogP contribution in [0.1, 0.15) is 22.3 Å². The Bertz CT molecular complexity index is 1530. The minimum absolute atomic E-state index is 0.229. The molecule has 0 aromatic heterocycles. The average Bonchev–Trinajstić information content (AvgIpc) is 2.89. The van der Waals surface area contributed by atoms with Gasteiger partial charge in [0, 0.05) is 10.7 Å². The lowest BCUT2D eigenvalue weighted by molar-refractivity contribution is -0.122. The highest BCUT2D eigenvalue weighted by Crippen LogP contribution is 2.31. The van der Waals surface area contributed by atoms with E-state index >= 15 is 0 Å². The van der Waals surface area contributed by atoms with Gasteiger partial charge in [-0.25, -0.2) is 9.69 Å². The van der Waals surface area contributed by atoms with Crippen molar-refractivity contribution in [3.63, 3.8) is 0 Å². The van der Waals surface area contributed by atoms with Crippen molar-refractivity contribution in [3.05, 3.63) is 87.4 Å². The van der Waals surface area contributed by atoms with Gasteiger partial charge >= 0.3 is 6.03 Å². The smallest absolute Gasteiger partial charge is 0.335 e. The summed E-state index contributed by atoms with van der Waals surface area (Å²) in [5.74, 6) is -1.40. The molecular weight excluding hydrogens is 522 g/mol. The van der Waals surface area contributed by atoms with E-state index in [1.807, 2.05) is 32.0 Å². The Morgan fingerprint density at radius 2 is 1.74 bits per heavy atom. The van der Waals surface area contributed by atoms with Gasteiger partial charge in [-0.3, -0.25) is 19.7 Å². The predicted molar refractivity (Wildman–Crippen MR) is 148 cm³/mol. The van der Waals surface area contributed by atoms with E-state index in [-0.39, 0.29) is 29.5 Å². The van der Waals surface area contributed by atoms with Crippen LogP contribution in [0.3, 0.4) is 0 Å². The second-order valence-corrected chi connectivity index (χ2v) is 9.36. The van der Waals surface area contributed by atoms with Crippen LogP contribution in [-0.4, -0.2) is 37.5 Å². The van der Waals surface area contributed by atoms with Crippen LogP contribution in [0, 0.1) is 20.8 Å². The molecule has 3 aromatic carbocycles. The first-order valence-corrected chi connectivity index (χ1v) is 12.3. The molecule has 200 valence electrons. The third kappa shape index (κ3) is 6.10. The number of hydrogen-bond acceptors (Lipinski definition) is 6. The minimum Gasteiger partial charge on any atom is -0.493 e. The molecule has 2 N–H and O–H groups in total. The van der Waals surface area contributed by atoms with E-state index in [0.717, 1.165) is 21.6 Å². The van der Waals surface area contributed by atoms with Crippen LogP contribution in [-0.2, 0) is 14.4 Å². The molecule has 3 aromatic rings. The number of hydrogen-bond donors (Lipinski definition) is 2. The summed E-state index contributed by atoms with van der Waals surface area (Å²) in [5, 5.41) is 5.36. The van der Waals surface area contributed by atoms with Gasteiger partial charge in [-0.05, 0) is 73.9 Å². The van der Waals surface area contributed by atoms with Crippen molar-refractivity contribution in [2.45, 2.75) is 20.8 Å². The lowest BCUT2D eigenvalue weighted by Crippen LogP contribution is -2.54. The van der Waals surface area contributed by atoms with Gasteiger partial charge in [-0.2, -0.15) is 0 Å². The molecule has 1 aliphatic rings. The fraction of sp³-hybridized carbons (Fsp3) is 0.172. The van der Waals surface area contributed by atoms with Gasteiger partial charge in [0.25, 0.3) is 17.7 Å². The van der Waals surface area contributed by atoms with E-state index in [1.54, 1.807) is 37.3 Å². The molecule has 1 saturated heterocycles. The normalized spacial score (nSPS) is 14.3. The van der Waals surface area contributed by atoms with Crippen molar-refractivity contribution in [2.24, 2.45) is 0 Å². The fourth-order valence-corrected chi connectivity index (χ4v) is 4.13. The molecule has 0 atom stereocenters. The maximum atomic E-state index is 13.2. The molecule has 9 nitrogen and oxygen atoms in total. The number of ether oxygens (including phenoxy) is 2. The van der Waals surface area contributed by atoms with Crippen LogP contribution in [0.15, 0.2) is 60.2 Å². The predicted octanol–water partition coefficient (Wildman–Crippen LogP) is 4.96. The number of benzene rings is 3. The van der Waals surface area contributed by atoms with Crippen molar-refractivity contribution >= 4 is 52.8 Å². The number of nitrogens with zero attached hydrogens (tertiary/aromatic N) is 1. The molecular formula is C29H26ClN3O6. The Morgan fingerprint density at radius 3 is 2.44 bits per heavy atom. The number of halogens is 1. The van der Waals surface area contributed by atoms with E-state index < -0.39 is 17.8 Å². The summed E-state index contributed by atoms with van der Waals surface area (Å²) in [7, 11) is 1.43. The zero-order valence-corrected chi connectivity index (χ0v) is 22.5. The van der Waals surface area contributed by atoms with Gasteiger partial charge in [0.2, 0.25) is 0 Å². The third-order valence-electron chi connectivity index (χ3n) is 6.03. The lowest BCUT2D eigenvalue weighted by atomic mass is 10.1. The molecule has 10 heteroatoms. The number of methoxy groups -OCH3 is 1. The first kappa shape index (κ1) is 27.4. The molecule has 1 aliphatic heterocycles. The quantitative estimate of drug-likeness (QED) is 0.319. The summed E-state index contributed by atoms with van der Waals surface area (Å²) < 4.78 is 11.0. The van der Waals surface area contributed by atoms with Crippen LogP contribution in [0.2, 0.25) is 5.02 Å². The second-order valence-electron chi connectivity index (χ2n) is 8.96. The standard InChI is InChI=1S/C29H26ClN3O6/c1-16-5-9-23(18(3)11-16)31-26(34)15-39-24-10-7-19(13-25(24)38-4)12-21-27(35)32-29(37)33(28(21)36)20-8-6-17(2)22(30)14-20/h5-14H,15H2,1-4H3,(H,31,34)(H,32,35,37)/b21-12+. The maximum absolute atomic E-state index is 13.2. The molecule has 0 aliphatic carbocycles. The molecule has 0 radical (unpaired) electrons. The molecule has 1 fully saturated rings. The van der Waals surface area contributed by atoms with Gasteiger partial charge in [-0.1, -0.05) is 41.4 Å². The van der Waals surface area contributed by atoms with Crippen LogP contribution in [0.4, 0.5) is 16.2 Å². The highest BCUT2D eigenvalue weighted by Gasteiger charge is 2.37. The number of carbonyl (C=O) groups is 4. The summed E-state index contributed by atoms with van der Waals surface area (Å²) in [6.07, 6.45) is 1.34. The molecule has 0 bridgehead atoms. The van der Waals surface area contributed by atoms with E-state index in [9.17, 15) is 19.2 Å².